The summed E-state index contributed by atoms with van der Waals surface area (Å²) in [5, 5.41) is 7.59. The van der Waals surface area contributed by atoms with E-state index in [0.717, 1.165) is 18.0 Å². The molecule has 2 N–H and O–H groups in total. The summed E-state index contributed by atoms with van der Waals surface area (Å²) in [6.07, 6.45) is 0. The van der Waals surface area contributed by atoms with Gasteiger partial charge >= 0.3 is 0 Å². The second kappa shape index (κ2) is 8.15. The topological polar surface area (TPSA) is 24.1 Å². The summed E-state index contributed by atoms with van der Waals surface area (Å²) in [7, 11) is 0. The van der Waals surface area contributed by atoms with Crippen molar-refractivity contribution in [3.05, 3.63) is 59.6 Å². The van der Waals surface area contributed by atoms with Crippen molar-refractivity contribution in [3.63, 3.8) is 0 Å². The Bertz CT molecular complexity index is 561. The highest BCUT2D eigenvalue weighted by molar-refractivity contribution is 7.99. The summed E-state index contributed by atoms with van der Waals surface area (Å²) < 4.78 is 0. The van der Waals surface area contributed by atoms with E-state index in [2.05, 4.69) is 22.8 Å². The van der Waals surface area contributed by atoms with Gasteiger partial charge < -0.3 is 10.6 Å². The van der Waals surface area contributed by atoms with Crippen LogP contribution in [0.25, 0.3) is 0 Å². The molecular weight excluding hydrogens is 308 g/mol. The lowest BCUT2D eigenvalue weighted by Gasteiger charge is -2.10. The van der Waals surface area contributed by atoms with Crippen molar-refractivity contribution in [2.24, 2.45) is 0 Å². The number of thiocarbonyl (C=S) groups is 1. The van der Waals surface area contributed by atoms with Crippen molar-refractivity contribution in [1.82, 2.24) is 5.32 Å². The molecule has 0 spiro atoms. The van der Waals surface area contributed by atoms with Crippen molar-refractivity contribution in [3.8, 4) is 0 Å². The van der Waals surface area contributed by atoms with Gasteiger partial charge in [0.1, 0.15) is 0 Å². The second-order valence-electron chi connectivity index (χ2n) is 4.05. The van der Waals surface area contributed by atoms with E-state index < -0.39 is 0 Å². The lowest BCUT2D eigenvalue weighted by Crippen LogP contribution is -2.30. The van der Waals surface area contributed by atoms with Crippen molar-refractivity contribution >= 4 is 46.4 Å². The third kappa shape index (κ3) is 5.41. The molecule has 0 aromatic heterocycles. The van der Waals surface area contributed by atoms with Crippen molar-refractivity contribution in [2.75, 3.05) is 17.6 Å². The van der Waals surface area contributed by atoms with E-state index in [1.54, 1.807) is 11.8 Å². The highest BCUT2D eigenvalue weighted by Gasteiger charge is 1.98. The van der Waals surface area contributed by atoms with E-state index in [4.69, 9.17) is 23.8 Å². The third-order valence-corrected chi connectivity index (χ3v) is 3.98. The Hall–Kier alpha value is -1.23. The lowest BCUT2D eigenvalue weighted by molar-refractivity contribution is 0.990. The first-order chi connectivity index (χ1) is 9.74. The molecule has 0 aliphatic carbocycles. The molecule has 0 aliphatic heterocycles. The highest BCUT2D eigenvalue weighted by Crippen LogP contribution is 2.16. The molecule has 2 rings (SSSR count). The van der Waals surface area contributed by atoms with Crippen LogP contribution in [0.5, 0.6) is 0 Å². The molecule has 0 heterocycles. The number of nitrogens with one attached hydrogen (secondary N) is 2. The summed E-state index contributed by atoms with van der Waals surface area (Å²) in [5.74, 6) is 0.960. The second-order valence-corrected chi connectivity index (χ2v) is 6.07. The fourth-order valence-electron chi connectivity index (χ4n) is 1.59. The summed E-state index contributed by atoms with van der Waals surface area (Å²) in [4.78, 5) is 1.27. The molecule has 2 nitrogen and oxygen atoms in total. The van der Waals surface area contributed by atoms with Crippen LogP contribution in [0.2, 0.25) is 5.02 Å². The Morgan fingerprint density at radius 3 is 2.65 bits per heavy atom. The quantitative estimate of drug-likeness (QED) is 0.483. The van der Waals surface area contributed by atoms with Crippen LogP contribution in [0.15, 0.2) is 59.5 Å². The summed E-state index contributed by atoms with van der Waals surface area (Å²) >= 11 is 13.0. The Morgan fingerprint density at radius 1 is 1.10 bits per heavy atom. The molecule has 2 aromatic rings. The van der Waals surface area contributed by atoms with Gasteiger partial charge in [0.2, 0.25) is 0 Å². The fourth-order valence-corrected chi connectivity index (χ4v) is 2.79. The van der Waals surface area contributed by atoms with Gasteiger partial charge in [0.05, 0.1) is 0 Å². The van der Waals surface area contributed by atoms with Gasteiger partial charge in [-0.2, -0.15) is 0 Å². The van der Waals surface area contributed by atoms with Crippen molar-refractivity contribution in [2.45, 2.75) is 4.90 Å². The zero-order valence-corrected chi connectivity index (χ0v) is 13.2. The minimum absolute atomic E-state index is 0.612. The number of hydrogen-bond acceptors (Lipinski definition) is 2. The van der Waals surface area contributed by atoms with Crippen molar-refractivity contribution in [1.29, 1.82) is 0 Å². The smallest absolute Gasteiger partial charge is 0.170 e. The Morgan fingerprint density at radius 2 is 1.90 bits per heavy atom. The number of halogens is 1. The standard InChI is InChI=1S/C15H15ClN2S2/c16-12-5-4-6-13(11-12)18-15(19)17-9-10-20-14-7-2-1-3-8-14/h1-8,11H,9-10H2,(H2,17,18,19). The average molecular weight is 323 g/mol. The van der Waals surface area contributed by atoms with Gasteiger partial charge in [-0.25, -0.2) is 0 Å². The maximum atomic E-state index is 5.92. The first-order valence-corrected chi connectivity index (χ1v) is 7.99. The minimum atomic E-state index is 0.612. The van der Waals surface area contributed by atoms with Gasteiger partial charge in [0.15, 0.2) is 5.11 Å². The van der Waals surface area contributed by atoms with Crippen LogP contribution >= 0.6 is 35.6 Å². The van der Waals surface area contributed by atoms with E-state index in [1.807, 2.05) is 42.5 Å². The van der Waals surface area contributed by atoms with Crippen LogP contribution < -0.4 is 10.6 Å². The van der Waals surface area contributed by atoms with Gasteiger partial charge in [0.25, 0.3) is 0 Å². The molecule has 0 amide bonds. The summed E-state index contributed by atoms with van der Waals surface area (Å²) in [6, 6.07) is 17.8. The van der Waals surface area contributed by atoms with Crippen LogP contribution in [0.4, 0.5) is 5.69 Å². The fraction of sp³-hybridized carbons (Fsp3) is 0.133. The van der Waals surface area contributed by atoms with Crippen LogP contribution in [0.3, 0.4) is 0 Å². The molecule has 2 aromatic carbocycles. The Balaban J connectivity index is 1.68. The lowest BCUT2D eigenvalue weighted by atomic mass is 10.3. The number of thioether (sulfide) groups is 1. The van der Waals surface area contributed by atoms with E-state index >= 15 is 0 Å². The first-order valence-electron chi connectivity index (χ1n) is 6.22. The number of rotatable bonds is 5. The normalized spacial score (nSPS) is 10.1. The Labute approximate surface area is 133 Å². The van der Waals surface area contributed by atoms with Crippen molar-refractivity contribution < 1.29 is 0 Å². The van der Waals surface area contributed by atoms with E-state index in [0.29, 0.717) is 10.1 Å². The highest BCUT2D eigenvalue weighted by atomic mass is 35.5. The summed E-state index contributed by atoms with van der Waals surface area (Å²) in [5.41, 5.74) is 0.894. The van der Waals surface area contributed by atoms with E-state index in [9.17, 15) is 0 Å². The van der Waals surface area contributed by atoms with E-state index in [-0.39, 0.29) is 0 Å². The molecular formula is C15H15ClN2S2. The maximum absolute atomic E-state index is 5.92. The molecule has 0 saturated heterocycles. The predicted molar refractivity (Wildman–Crippen MR) is 92.8 cm³/mol. The molecule has 0 fully saturated rings. The molecule has 20 heavy (non-hydrogen) atoms. The van der Waals surface area contributed by atoms with Gasteiger partial charge in [-0.3, -0.25) is 0 Å². The molecule has 0 unspecified atom stereocenters. The molecule has 0 radical (unpaired) electrons. The predicted octanol–water partition coefficient (Wildman–Crippen LogP) is 4.42. The molecule has 0 aliphatic rings. The minimum Gasteiger partial charge on any atom is -0.362 e. The molecule has 0 bridgehead atoms. The van der Waals surface area contributed by atoms with Gasteiger partial charge in [-0.05, 0) is 42.5 Å². The average Bonchev–Trinajstić information content (AvgIpc) is 2.45. The Kier molecular flexibility index (Phi) is 6.18. The summed E-state index contributed by atoms with van der Waals surface area (Å²) in [6.45, 7) is 0.811. The molecule has 0 saturated carbocycles. The molecule has 104 valence electrons. The number of anilines is 1. The van der Waals surface area contributed by atoms with Crippen LogP contribution in [0, 0.1) is 0 Å². The first kappa shape index (κ1) is 15.2. The SMILES string of the molecule is S=C(NCCSc1ccccc1)Nc1cccc(Cl)c1. The molecule has 0 atom stereocenters. The van der Waals surface area contributed by atoms with Crippen LogP contribution in [-0.2, 0) is 0 Å². The van der Waals surface area contributed by atoms with Crippen LogP contribution in [-0.4, -0.2) is 17.4 Å². The monoisotopic (exact) mass is 322 g/mol. The maximum Gasteiger partial charge on any atom is 0.170 e. The van der Waals surface area contributed by atoms with Gasteiger partial charge in [-0.15, -0.1) is 11.8 Å². The zero-order valence-electron chi connectivity index (χ0n) is 10.8. The molecule has 5 heteroatoms. The van der Waals surface area contributed by atoms with E-state index in [1.165, 1.54) is 4.90 Å². The number of benzene rings is 2. The van der Waals surface area contributed by atoms with Gasteiger partial charge in [-0.1, -0.05) is 35.9 Å². The number of hydrogen-bond donors (Lipinski definition) is 2. The van der Waals surface area contributed by atoms with Crippen LogP contribution in [0.1, 0.15) is 0 Å². The largest absolute Gasteiger partial charge is 0.362 e. The van der Waals surface area contributed by atoms with Gasteiger partial charge in [0, 0.05) is 27.9 Å². The third-order valence-electron chi connectivity index (χ3n) is 2.48. The zero-order chi connectivity index (χ0) is 14.2.